The normalized spacial score (nSPS) is 11.6. The van der Waals surface area contributed by atoms with Gasteiger partial charge in [-0.15, -0.1) is 0 Å². The average Bonchev–Trinajstić information content (AvgIpc) is 2.14. The minimum atomic E-state index is -1.17. The first-order valence-corrected chi connectivity index (χ1v) is 4.44. The van der Waals surface area contributed by atoms with E-state index in [0.717, 1.165) is 0 Å². The maximum absolute atomic E-state index is 11.1. The van der Waals surface area contributed by atoms with Crippen LogP contribution in [0.3, 0.4) is 0 Å². The summed E-state index contributed by atoms with van der Waals surface area (Å²) in [7, 11) is 1.34. The number of rotatable bonds is 6. The number of carboxylic acid groups (broad SMARTS) is 1. The lowest BCUT2D eigenvalue weighted by Gasteiger charge is -2.13. The van der Waals surface area contributed by atoms with Gasteiger partial charge in [0.2, 0.25) is 0 Å². The van der Waals surface area contributed by atoms with Crippen molar-refractivity contribution in [1.29, 1.82) is 0 Å². The van der Waals surface area contributed by atoms with Gasteiger partial charge in [-0.3, -0.25) is 0 Å². The van der Waals surface area contributed by atoms with Gasteiger partial charge in [0.05, 0.1) is 13.2 Å². The molecule has 0 aliphatic carbocycles. The van der Waals surface area contributed by atoms with Gasteiger partial charge in [-0.25, -0.2) is 9.59 Å². The summed E-state index contributed by atoms with van der Waals surface area (Å²) in [5.41, 5.74) is 0. The highest BCUT2D eigenvalue weighted by molar-refractivity contribution is 6.29. The molecule has 0 aromatic heterocycles. The van der Waals surface area contributed by atoms with Gasteiger partial charge in [-0.1, -0.05) is 18.2 Å². The second-order valence-electron chi connectivity index (χ2n) is 2.69. The van der Waals surface area contributed by atoms with Gasteiger partial charge in [0.25, 0.3) is 0 Å². The summed E-state index contributed by atoms with van der Waals surface area (Å²) in [5, 5.41) is 13.4. The van der Waals surface area contributed by atoms with Crippen LogP contribution < -0.4 is 10.6 Å². The fraction of sp³-hybridized carbons (Fsp3) is 0.500. The number of carbonyl (C=O) groups is 2. The molecule has 0 bridgehead atoms. The second kappa shape index (κ2) is 7.08. The maximum Gasteiger partial charge on any atom is 0.328 e. The highest BCUT2D eigenvalue weighted by Crippen LogP contribution is 1.92. The van der Waals surface area contributed by atoms with Crippen molar-refractivity contribution in [3.05, 3.63) is 11.6 Å². The summed E-state index contributed by atoms with van der Waals surface area (Å²) in [4.78, 5) is 21.7. The van der Waals surface area contributed by atoms with Gasteiger partial charge in [0.1, 0.15) is 0 Å². The standard InChI is InChI=1S/C8H13ClN2O4/c1-5(9)3-10-8(14)11-6(4-15-2)7(12)13/h6H,1,3-4H2,2H3,(H,12,13)(H2,10,11,14). The number of ether oxygens (including phenoxy) is 1. The number of aliphatic carboxylic acids is 1. The predicted molar refractivity (Wildman–Crippen MR) is 54.8 cm³/mol. The smallest absolute Gasteiger partial charge is 0.328 e. The molecule has 6 nitrogen and oxygen atoms in total. The average molecular weight is 237 g/mol. The number of halogens is 1. The van der Waals surface area contributed by atoms with Crippen LogP contribution >= 0.6 is 11.6 Å². The number of hydrogen-bond acceptors (Lipinski definition) is 3. The quantitative estimate of drug-likeness (QED) is 0.612. The fourth-order valence-corrected chi connectivity index (χ4v) is 0.794. The maximum atomic E-state index is 11.1. The molecule has 0 radical (unpaired) electrons. The van der Waals surface area contributed by atoms with E-state index >= 15 is 0 Å². The van der Waals surface area contributed by atoms with E-state index in [0.29, 0.717) is 0 Å². The van der Waals surface area contributed by atoms with E-state index in [1.165, 1.54) is 7.11 Å². The SMILES string of the molecule is C=C(Cl)CNC(=O)NC(COC)C(=O)O. The van der Waals surface area contributed by atoms with Crippen LogP contribution in [0.5, 0.6) is 0 Å². The fourth-order valence-electron chi connectivity index (χ4n) is 0.727. The largest absolute Gasteiger partial charge is 0.480 e. The summed E-state index contributed by atoms with van der Waals surface area (Å²) in [5.74, 6) is -1.17. The summed E-state index contributed by atoms with van der Waals surface area (Å²) in [6, 6.07) is -1.72. The number of urea groups is 1. The van der Waals surface area contributed by atoms with E-state index in [9.17, 15) is 9.59 Å². The summed E-state index contributed by atoms with van der Waals surface area (Å²) in [6.07, 6.45) is 0. The van der Waals surface area contributed by atoms with E-state index in [1.54, 1.807) is 0 Å². The number of carboxylic acids is 1. The lowest BCUT2D eigenvalue weighted by molar-refractivity contribution is -0.140. The van der Waals surface area contributed by atoms with Gasteiger partial charge >= 0.3 is 12.0 Å². The predicted octanol–water partition coefficient (Wildman–Crippen LogP) is 0.138. The van der Waals surface area contributed by atoms with Gasteiger partial charge in [0, 0.05) is 12.1 Å². The molecule has 0 aliphatic rings. The van der Waals surface area contributed by atoms with Crippen molar-refractivity contribution < 1.29 is 19.4 Å². The van der Waals surface area contributed by atoms with Crippen molar-refractivity contribution >= 4 is 23.6 Å². The van der Waals surface area contributed by atoms with Gasteiger partial charge in [-0.05, 0) is 0 Å². The topological polar surface area (TPSA) is 87.7 Å². The molecule has 0 rings (SSSR count). The lowest BCUT2D eigenvalue weighted by Crippen LogP contribution is -2.48. The van der Waals surface area contributed by atoms with Crippen molar-refractivity contribution in [3.63, 3.8) is 0 Å². The molecule has 7 heteroatoms. The number of nitrogens with one attached hydrogen (secondary N) is 2. The molecule has 1 atom stereocenters. The zero-order valence-electron chi connectivity index (χ0n) is 8.25. The monoisotopic (exact) mass is 236 g/mol. The molecule has 2 amide bonds. The molecule has 0 aromatic carbocycles. The molecular formula is C8H13ClN2O4. The van der Waals surface area contributed by atoms with Crippen molar-refractivity contribution in [2.45, 2.75) is 6.04 Å². The van der Waals surface area contributed by atoms with Crippen LogP contribution in [0.4, 0.5) is 4.79 Å². The molecule has 0 heterocycles. The molecule has 0 saturated carbocycles. The molecule has 0 spiro atoms. The third-order valence-electron chi connectivity index (χ3n) is 1.38. The van der Waals surface area contributed by atoms with E-state index in [4.69, 9.17) is 16.7 Å². The lowest BCUT2D eigenvalue weighted by atomic mass is 10.3. The molecule has 0 aliphatic heterocycles. The van der Waals surface area contributed by atoms with Crippen molar-refractivity contribution in [1.82, 2.24) is 10.6 Å². The molecule has 1 unspecified atom stereocenters. The molecule has 86 valence electrons. The third-order valence-corrected chi connectivity index (χ3v) is 1.51. The first kappa shape index (κ1) is 13.7. The number of methoxy groups -OCH3 is 1. The highest BCUT2D eigenvalue weighted by atomic mass is 35.5. The zero-order valence-corrected chi connectivity index (χ0v) is 9.00. The van der Waals surface area contributed by atoms with Crippen LogP contribution in [0, 0.1) is 0 Å². The Morgan fingerprint density at radius 2 is 2.20 bits per heavy atom. The minimum Gasteiger partial charge on any atom is -0.480 e. The van der Waals surface area contributed by atoms with Crippen LogP contribution in [-0.4, -0.2) is 43.4 Å². The van der Waals surface area contributed by atoms with Crippen molar-refractivity contribution in [2.75, 3.05) is 20.3 Å². The van der Waals surface area contributed by atoms with Crippen LogP contribution in [-0.2, 0) is 9.53 Å². The van der Waals surface area contributed by atoms with Gasteiger partial charge in [0.15, 0.2) is 6.04 Å². The Bertz CT molecular complexity index is 257. The molecule has 3 N–H and O–H groups in total. The molecule has 0 saturated heterocycles. The first-order valence-electron chi connectivity index (χ1n) is 4.06. The Kier molecular flexibility index (Phi) is 6.48. The van der Waals surface area contributed by atoms with Crippen LogP contribution in [0.25, 0.3) is 0 Å². The second-order valence-corrected chi connectivity index (χ2v) is 3.22. The van der Waals surface area contributed by atoms with Gasteiger partial charge < -0.3 is 20.5 Å². The Morgan fingerprint density at radius 3 is 2.60 bits per heavy atom. The first-order chi connectivity index (χ1) is 6.97. The van der Waals surface area contributed by atoms with Crippen LogP contribution in [0.2, 0.25) is 0 Å². The molecular weight excluding hydrogens is 224 g/mol. The van der Waals surface area contributed by atoms with E-state index < -0.39 is 18.0 Å². The molecule has 15 heavy (non-hydrogen) atoms. The summed E-state index contributed by atoms with van der Waals surface area (Å²) in [6.45, 7) is 3.33. The molecule has 0 aromatic rings. The highest BCUT2D eigenvalue weighted by Gasteiger charge is 2.19. The van der Waals surface area contributed by atoms with E-state index in [-0.39, 0.29) is 18.2 Å². The van der Waals surface area contributed by atoms with Crippen LogP contribution in [0.15, 0.2) is 11.6 Å². The Balaban J connectivity index is 3.99. The van der Waals surface area contributed by atoms with Gasteiger partial charge in [-0.2, -0.15) is 0 Å². The van der Waals surface area contributed by atoms with Crippen molar-refractivity contribution in [3.8, 4) is 0 Å². The van der Waals surface area contributed by atoms with Crippen LogP contribution in [0.1, 0.15) is 0 Å². The Labute approximate surface area is 92.2 Å². The van der Waals surface area contributed by atoms with E-state index in [1.807, 2.05) is 0 Å². The summed E-state index contributed by atoms with van der Waals surface area (Å²) >= 11 is 5.40. The van der Waals surface area contributed by atoms with E-state index in [2.05, 4.69) is 21.9 Å². The van der Waals surface area contributed by atoms with Crippen molar-refractivity contribution in [2.24, 2.45) is 0 Å². The zero-order chi connectivity index (χ0) is 11.8. The number of amides is 2. The minimum absolute atomic E-state index is 0.0761. The number of carbonyl (C=O) groups excluding carboxylic acids is 1. The Morgan fingerprint density at radius 1 is 1.60 bits per heavy atom. The summed E-state index contributed by atoms with van der Waals surface area (Å²) < 4.78 is 4.62. The Hall–Kier alpha value is -1.27. The number of hydrogen-bond donors (Lipinski definition) is 3. The third kappa shape index (κ3) is 6.75. The molecule has 0 fully saturated rings.